The van der Waals surface area contributed by atoms with Crippen LogP contribution in [0.5, 0.6) is 0 Å². The van der Waals surface area contributed by atoms with Crippen LogP contribution in [0.3, 0.4) is 0 Å². The zero-order chi connectivity index (χ0) is 5.86. The van der Waals surface area contributed by atoms with Gasteiger partial charge in [-0.3, -0.25) is 0 Å². The third kappa shape index (κ3) is 3.07. The van der Waals surface area contributed by atoms with Crippen LogP contribution >= 0.6 is 31.9 Å². The van der Waals surface area contributed by atoms with E-state index in [4.69, 9.17) is 5.26 Å². The van der Waals surface area contributed by atoms with E-state index in [-0.39, 0.29) is 9.65 Å². The van der Waals surface area contributed by atoms with E-state index >= 15 is 0 Å². The summed E-state index contributed by atoms with van der Waals surface area (Å²) >= 11 is 6.36. The predicted octanol–water partition coefficient (Wildman–Crippen LogP) is 2.06. The van der Waals surface area contributed by atoms with E-state index in [1.54, 1.807) is 0 Å². The van der Waals surface area contributed by atoms with Gasteiger partial charge in [0.05, 0.1) is 6.07 Å². The highest BCUT2D eigenvalue weighted by Gasteiger charge is 2.06. The zero-order valence-corrected chi connectivity index (χ0v) is 7.03. The van der Waals surface area contributed by atoms with Crippen molar-refractivity contribution in [2.24, 2.45) is 0 Å². The lowest BCUT2D eigenvalue weighted by Gasteiger charge is -1.98. The Balaban J connectivity index is 3.40. The SMILES string of the molecule is C[C@@H](Br)[C@@H](Br)C#N. The molecule has 2 atom stereocenters. The first kappa shape index (κ1) is 7.45. The summed E-state index contributed by atoms with van der Waals surface area (Å²) in [4.78, 5) is 0.171. The lowest BCUT2D eigenvalue weighted by atomic mass is 10.4. The molecule has 0 aromatic rings. The average molecular weight is 227 g/mol. The minimum absolute atomic E-state index is 0.0625. The fraction of sp³-hybridized carbons (Fsp3) is 0.750. The Bertz CT molecular complexity index is 84.2. The van der Waals surface area contributed by atoms with Gasteiger partial charge in [0, 0.05) is 4.83 Å². The van der Waals surface area contributed by atoms with E-state index in [1.807, 2.05) is 13.0 Å². The van der Waals surface area contributed by atoms with Gasteiger partial charge in [-0.25, -0.2) is 0 Å². The lowest BCUT2D eigenvalue weighted by Crippen LogP contribution is -2.04. The van der Waals surface area contributed by atoms with Crippen LogP contribution in [0, 0.1) is 11.3 Å². The van der Waals surface area contributed by atoms with Gasteiger partial charge >= 0.3 is 0 Å². The summed E-state index contributed by atoms with van der Waals surface area (Å²) < 4.78 is 0. The van der Waals surface area contributed by atoms with E-state index in [0.29, 0.717) is 0 Å². The highest BCUT2D eigenvalue weighted by atomic mass is 79.9. The van der Waals surface area contributed by atoms with Crippen molar-refractivity contribution >= 4 is 31.9 Å². The van der Waals surface area contributed by atoms with Crippen LogP contribution in [0.1, 0.15) is 6.92 Å². The van der Waals surface area contributed by atoms with Crippen molar-refractivity contribution in [1.29, 1.82) is 5.26 Å². The second-order valence-electron chi connectivity index (χ2n) is 1.21. The number of hydrogen-bond acceptors (Lipinski definition) is 1. The highest BCUT2D eigenvalue weighted by molar-refractivity contribution is 9.12. The molecule has 0 aliphatic rings. The van der Waals surface area contributed by atoms with Crippen LogP contribution in [0.4, 0.5) is 0 Å². The van der Waals surface area contributed by atoms with Gasteiger partial charge in [-0.15, -0.1) is 0 Å². The van der Waals surface area contributed by atoms with Crippen LogP contribution < -0.4 is 0 Å². The van der Waals surface area contributed by atoms with Gasteiger partial charge in [0.25, 0.3) is 0 Å². The Kier molecular flexibility index (Phi) is 3.67. The smallest absolute Gasteiger partial charge is 0.114 e. The third-order valence-corrected chi connectivity index (χ3v) is 2.76. The first-order chi connectivity index (χ1) is 3.18. The molecule has 0 fully saturated rings. The maximum atomic E-state index is 8.18. The van der Waals surface area contributed by atoms with Crippen molar-refractivity contribution in [3.63, 3.8) is 0 Å². The number of hydrogen-bond donors (Lipinski definition) is 0. The van der Waals surface area contributed by atoms with Gasteiger partial charge in [-0.1, -0.05) is 38.8 Å². The first-order valence-electron chi connectivity index (χ1n) is 1.86. The average Bonchev–Trinajstić information content (AvgIpc) is 1.65. The van der Waals surface area contributed by atoms with Crippen molar-refractivity contribution < 1.29 is 0 Å². The van der Waals surface area contributed by atoms with Gasteiger partial charge in [-0.05, 0) is 0 Å². The zero-order valence-electron chi connectivity index (χ0n) is 3.86. The van der Waals surface area contributed by atoms with E-state index in [0.717, 1.165) is 0 Å². The fourth-order valence-electron chi connectivity index (χ4n) is 0.103. The minimum atomic E-state index is -0.0625. The summed E-state index contributed by atoms with van der Waals surface area (Å²) in [5.41, 5.74) is 0. The molecule has 0 spiro atoms. The summed E-state index contributed by atoms with van der Waals surface area (Å²) in [5.74, 6) is 0. The Morgan fingerprint density at radius 2 is 2.00 bits per heavy atom. The molecule has 0 saturated carbocycles. The maximum Gasteiger partial charge on any atom is 0.114 e. The predicted molar refractivity (Wildman–Crippen MR) is 36.7 cm³/mol. The number of halogens is 2. The molecule has 0 N–H and O–H groups in total. The molecule has 0 aromatic heterocycles. The summed E-state index contributed by atoms with van der Waals surface area (Å²) in [5, 5.41) is 8.18. The summed E-state index contributed by atoms with van der Waals surface area (Å²) in [7, 11) is 0. The van der Waals surface area contributed by atoms with Crippen LogP contribution in [0.2, 0.25) is 0 Å². The number of nitrogens with zero attached hydrogens (tertiary/aromatic N) is 1. The molecule has 0 rings (SSSR count). The largest absolute Gasteiger partial charge is 0.197 e. The van der Waals surface area contributed by atoms with E-state index in [2.05, 4.69) is 31.9 Å². The van der Waals surface area contributed by atoms with Crippen molar-refractivity contribution in [3.8, 4) is 6.07 Å². The van der Waals surface area contributed by atoms with Crippen molar-refractivity contribution in [2.45, 2.75) is 16.6 Å². The molecule has 1 nitrogen and oxygen atoms in total. The molecule has 0 aliphatic heterocycles. The van der Waals surface area contributed by atoms with Crippen molar-refractivity contribution in [1.82, 2.24) is 0 Å². The number of rotatable bonds is 1. The first-order valence-corrected chi connectivity index (χ1v) is 3.69. The van der Waals surface area contributed by atoms with E-state index < -0.39 is 0 Å². The van der Waals surface area contributed by atoms with Crippen LogP contribution in [-0.4, -0.2) is 9.65 Å². The van der Waals surface area contributed by atoms with Crippen LogP contribution in [0.15, 0.2) is 0 Å². The molecular formula is C4H5Br2N. The third-order valence-electron chi connectivity index (χ3n) is 0.527. The Morgan fingerprint density at radius 3 is 2.00 bits per heavy atom. The molecule has 0 unspecified atom stereocenters. The summed E-state index contributed by atoms with van der Waals surface area (Å²) in [6.07, 6.45) is 0. The standard InChI is InChI=1S/C4H5Br2N/c1-3(5)4(6)2-7/h3-4H,1H3/t3-,4+/m1/s1. The molecule has 0 aliphatic carbocycles. The van der Waals surface area contributed by atoms with Crippen molar-refractivity contribution in [2.75, 3.05) is 0 Å². The maximum absolute atomic E-state index is 8.18. The van der Waals surface area contributed by atoms with Crippen molar-refractivity contribution in [3.05, 3.63) is 0 Å². The van der Waals surface area contributed by atoms with Crippen LogP contribution in [0.25, 0.3) is 0 Å². The Hall–Kier alpha value is 0.450. The molecule has 0 bridgehead atoms. The Labute approximate surface area is 60.0 Å². The number of nitriles is 1. The highest BCUT2D eigenvalue weighted by Crippen LogP contribution is 2.11. The molecule has 3 heteroatoms. The molecule has 0 saturated heterocycles. The molecular weight excluding hydrogens is 222 g/mol. The van der Waals surface area contributed by atoms with E-state index in [9.17, 15) is 0 Å². The second kappa shape index (κ2) is 3.45. The van der Waals surface area contributed by atoms with E-state index in [1.165, 1.54) is 0 Å². The molecule has 0 heterocycles. The fourth-order valence-corrected chi connectivity index (χ4v) is 0.221. The Morgan fingerprint density at radius 1 is 1.57 bits per heavy atom. The van der Waals surface area contributed by atoms with Gasteiger partial charge < -0.3 is 0 Å². The van der Waals surface area contributed by atoms with Crippen LogP contribution in [-0.2, 0) is 0 Å². The second-order valence-corrected chi connectivity index (χ2v) is 3.64. The van der Waals surface area contributed by atoms with Gasteiger partial charge in [0.1, 0.15) is 4.83 Å². The topological polar surface area (TPSA) is 23.8 Å². The summed E-state index contributed by atoms with van der Waals surface area (Å²) in [6, 6.07) is 2.03. The summed E-state index contributed by atoms with van der Waals surface area (Å²) in [6.45, 7) is 1.92. The molecule has 7 heavy (non-hydrogen) atoms. The van der Waals surface area contributed by atoms with Gasteiger partial charge in [0.15, 0.2) is 0 Å². The molecule has 0 radical (unpaired) electrons. The lowest BCUT2D eigenvalue weighted by molar-refractivity contribution is 1.04. The molecule has 40 valence electrons. The van der Waals surface area contributed by atoms with Gasteiger partial charge in [0.2, 0.25) is 0 Å². The minimum Gasteiger partial charge on any atom is -0.197 e. The number of alkyl halides is 2. The quantitative estimate of drug-likeness (QED) is 0.628. The molecule has 0 aromatic carbocycles. The monoisotopic (exact) mass is 225 g/mol. The normalized spacial score (nSPS) is 17.4. The molecule has 0 amide bonds. The van der Waals surface area contributed by atoms with Gasteiger partial charge in [-0.2, -0.15) is 5.26 Å².